The summed E-state index contributed by atoms with van der Waals surface area (Å²) in [4.78, 5) is 35.8. The van der Waals surface area contributed by atoms with Crippen LogP contribution in [0.4, 0.5) is 19.0 Å². The van der Waals surface area contributed by atoms with Crippen LogP contribution in [0.3, 0.4) is 0 Å². The van der Waals surface area contributed by atoms with Crippen molar-refractivity contribution in [1.29, 1.82) is 0 Å². The minimum Gasteiger partial charge on any atom is -0.477 e. The van der Waals surface area contributed by atoms with Gasteiger partial charge in [-0.05, 0) is 39.0 Å². The van der Waals surface area contributed by atoms with E-state index in [0.717, 1.165) is 29.0 Å². The molecule has 9 nitrogen and oxygen atoms in total. The van der Waals surface area contributed by atoms with E-state index in [1.807, 2.05) is 20.8 Å². The van der Waals surface area contributed by atoms with Crippen LogP contribution in [0, 0.1) is 23.4 Å². The Morgan fingerprint density at radius 1 is 1.25 bits per heavy atom. The van der Waals surface area contributed by atoms with Crippen molar-refractivity contribution < 1.29 is 27.9 Å². The van der Waals surface area contributed by atoms with Gasteiger partial charge in [0.25, 0.3) is 0 Å². The third kappa shape index (κ3) is 4.76. The maximum absolute atomic E-state index is 15.3. The Bertz CT molecular complexity index is 1450. The second-order valence-electron chi connectivity index (χ2n) is 9.41. The van der Waals surface area contributed by atoms with E-state index in [-0.39, 0.29) is 48.1 Å². The van der Waals surface area contributed by atoms with Gasteiger partial charge in [0, 0.05) is 31.3 Å². The van der Waals surface area contributed by atoms with E-state index in [0.29, 0.717) is 11.8 Å². The van der Waals surface area contributed by atoms with Gasteiger partial charge in [-0.3, -0.25) is 9.36 Å². The van der Waals surface area contributed by atoms with E-state index >= 15 is 4.39 Å². The minimum absolute atomic E-state index is 0.135. The molecule has 0 saturated carbocycles. The number of aromatic nitrogens is 2. The number of rotatable bonds is 5. The molecule has 4 rings (SSSR count). The molecule has 1 saturated heterocycles. The van der Waals surface area contributed by atoms with Gasteiger partial charge in [0.05, 0.1) is 23.3 Å². The molecule has 0 bridgehead atoms. The topological polar surface area (TPSA) is 123 Å². The Balaban J connectivity index is 1.90. The highest BCUT2D eigenvalue weighted by Crippen LogP contribution is 2.28. The van der Waals surface area contributed by atoms with E-state index in [9.17, 15) is 23.5 Å². The minimum atomic E-state index is -1.59. The number of aromatic carboxylic acids is 1. The van der Waals surface area contributed by atoms with Gasteiger partial charge < -0.3 is 20.6 Å². The van der Waals surface area contributed by atoms with Gasteiger partial charge in [-0.1, -0.05) is 5.16 Å². The molecule has 0 aliphatic carbocycles. The normalized spacial score (nSPS) is 17.2. The molecule has 36 heavy (non-hydrogen) atoms. The molecule has 1 aliphatic heterocycles. The number of nitrogens with zero attached hydrogens (tertiary/aromatic N) is 4. The number of oxime groups is 1. The van der Waals surface area contributed by atoms with Crippen molar-refractivity contribution in [1.82, 2.24) is 9.55 Å². The number of nitrogens with two attached hydrogens (primary N) is 1. The molecule has 1 aliphatic rings. The van der Waals surface area contributed by atoms with Gasteiger partial charge in [0.1, 0.15) is 22.8 Å². The zero-order chi connectivity index (χ0) is 26.4. The Morgan fingerprint density at radius 2 is 1.97 bits per heavy atom. The van der Waals surface area contributed by atoms with Crippen molar-refractivity contribution in [3.05, 3.63) is 63.7 Å². The highest BCUT2D eigenvalue weighted by atomic mass is 19.1. The van der Waals surface area contributed by atoms with Gasteiger partial charge in [-0.15, -0.1) is 0 Å². The average Bonchev–Trinajstić information content (AvgIpc) is 3.21. The number of anilines is 1. The molecule has 1 fully saturated rings. The largest absolute Gasteiger partial charge is 0.477 e. The van der Waals surface area contributed by atoms with Crippen LogP contribution < -0.4 is 16.1 Å². The molecular formula is C24H24F3N5O4. The van der Waals surface area contributed by atoms with Crippen LogP contribution >= 0.6 is 0 Å². The first-order valence-electron chi connectivity index (χ1n) is 11.0. The molecule has 3 heterocycles. The SMILES string of the molecule is CC(C)(C)ON=C1CN(c2nc3c(cc2F)c(=O)c(C(=O)O)cn3-c2ccc(F)cc2F)CC1CN. The lowest BCUT2D eigenvalue weighted by atomic mass is 10.1. The Kier molecular flexibility index (Phi) is 6.48. The van der Waals surface area contributed by atoms with Crippen molar-refractivity contribution in [2.45, 2.75) is 26.4 Å². The van der Waals surface area contributed by atoms with Crippen LogP contribution in [-0.4, -0.2) is 51.6 Å². The molecule has 0 spiro atoms. The average molecular weight is 503 g/mol. The lowest BCUT2D eigenvalue weighted by molar-refractivity contribution is 0.000172. The van der Waals surface area contributed by atoms with Crippen molar-refractivity contribution in [2.75, 3.05) is 24.5 Å². The van der Waals surface area contributed by atoms with Gasteiger partial charge in [0.2, 0.25) is 5.43 Å². The third-order valence-corrected chi connectivity index (χ3v) is 5.60. The first-order chi connectivity index (χ1) is 16.9. The van der Waals surface area contributed by atoms with Gasteiger partial charge >= 0.3 is 5.97 Å². The van der Waals surface area contributed by atoms with Crippen LogP contribution in [0.15, 0.2) is 40.4 Å². The van der Waals surface area contributed by atoms with Crippen molar-refractivity contribution >= 4 is 28.5 Å². The zero-order valence-corrected chi connectivity index (χ0v) is 19.8. The summed E-state index contributed by atoms with van der Waals surface area (Å²) in [6.07, 6.45) is 0.884. The number of fused-ring (bicyclic) bond motifs is 1. The van der Waals surface area contributed by atoms with E-state index < -0.39 is 40.0 Å². The molecule has 3 aromatic rings. The number of hydrogen-bond acceptors (Lipinski definition) is 7. The summed E-state index contributed by atoms with van der Waals surface area (Å²) in [6.45, 7) is 6.07. The van der Waals surface area contributed by atoms with Crippen molar-refractivity contribution in [3.8, 4) is 5.69 Å². The quantitative estimate of drug-likeness (QED) is 0.513. The second kappa shape index (κ2) is 9.26. The van der Waals surface area contributed by atoms with Crippen LogP contribution in [0.5, 0.6) is 0 Å². The maximum atomic E-state index is 15.3. The van der Waals surface area contributed by atoms with Crippen LogP contribution in [-0.2, 0) is 4.84 Å². The van der Waals surface area contributed by atoms with E-state index in [2.05, 4.69) is 10.1 Å². The molecule has 0 radical (unpaired) electrons. The first kappa shape index (κ1) is 25.2. The summed E-state index contributed by atoms with van der Waals surface area (Å²) in [7, 11) is 0. The lowest BCUT2D eigenvalue weighted by Crippen LogP contribution is -2.26. The zero-order valence-electron chi connectivity index (χ0n) is 19.8. The molecule has 0 amide bonds. The summed E-state index contributed by atoms with van der Waals surface area (Å²) < 4.78 is 44.4. The number of halogens is 3. The highest BCUT2D eigenvalue weighted by molar-refractivity contribution is 5.95. The lowest BCUT2D eigenvalue weighted by Gasteiger charge is -2.19. The molecule has 1 aromatic carbocycles. The molecule has 1 atom stereocenters. The van der Waals surface area contributed by atoms with Crippen LogP contribution in [0.25, 0.3) is 16.7 Å². The predicted octanol–water partition coefficient (Wildman–Crippen LogP) is 3.07. The number of benzene rings is 1. The smallest absolute Gasteiger partial charge is 0.341 e. The van der Waals surface area contributed by atoms with Gasteiger partial charge in [-0.25, -0.2) is 22.9 Å². The monoisotopic (exact) mass is 503 g/mol. The van der Waals surface area contributed by atoms with Crippen LogP contribution in [0.1, 0.15) is 31.1 Å². The Morgan fingerprint density at radius 3 is 2.58 bits per heavy atom. The molecule has 1 unspecified atom stereocenters. The number of carboxylic acid groups (broad SMARTS) is 1. The Labute approximate surface area is 203 Å². The fraction of sp³-hybridized carbons (Fsp3) is 0.333. The third-order valence-electron chi connectivity index (χ3n) is 5.60. The number of pyridine rings is 2. The number of carbonyl (C=O) groups is 1. The highest BCUT2D eigenvalue weighted by Gasteiger charge is 2.32. The Hall–Kier alpha value is -3.93. The van der Waals surface area contributed by atoms with E-state index in [1.54, 1.807) is 4.90 Å². The summed E-state index contributed by atoms with van der Waals surface area (Å²) in [6, 6.07) is 3.51. The summed E-state index contributed by atoms with van der Waals surface area (Å²) in [5.74, 6) is -4.78. The van der Waals surface area contributed by atoms with Crippen LogP contribution in [0.2, 0.25) is 0 Å². The van der Waals surface area contributed by atoms with Crippen molar-refractivity contribution in [2.24, 2.45) is 16.8 Å². The standard InChI is InChI=1S/C24H24F3N5O4/c1-24(2,3)36-30-18-11-31(9-12(18)8-28)22-17(27)7-14-20(33)15(23(34)35)10-32(21(14)29-22)19-5-4-13(25)6-16(19)26/h4-7,10,12H,8-9,11,28H2,1-3H3,(H,34,35). The van der Waals surface area contributed by atoms with E-state index in [4.69, 9.17) is 10.6 Å². The number of hydrogen-bond donors (Lipinski definition) is 2. The summed E-state index contributed by atoms with van der Waals surface area (Å²) >= 11 is 0. The van der Waals surface area contributed by atoms with Crippen molar-refractivity contribution in [3.63, 3.8) is 0 Å². The molecule has 3 N–H and O–H groups in total. The van der Waals surface area contributed by atoms with Gasteiger partial charge in [0.15, 0.2) is 17.3 Å². The maximum Gasteiger partial charge on any atom is 0.341 e. The second-order valence-corrected chi connectivity index (χ2v) is 9.41. The molecule has 2 aromatic heterocycles. The molecule has 12 heteroatoms. The summed E-state index contributed by atoms with van der Waals surface area (Å²) in [5.41, 5.74) is 3.72. The fourth-order valence-corrected chi connectivity index (χ4v) is 3.88. The predicted molar refractivity (Wildman–Crippen MR) is 127 cm³/mol. The fourth-order valence-electron chi connectivity index (χ4n) is 3.88. The molecule has 190 valence electrons. The summed E-state index contributed by atoms with van der Waals surface area (Å²) in [5, 5.41) is 13.3. The first-order valence-corrected chi connectivity index (χ1v) is 11.0. The number of carboxylic acids is 1. The van der Waals surface area contributed by atoms with E-state index in [1.165, 1.54) is 0 Å². The molecular weight excluding hydrogens is 479 g/mol. The van der Waals surface area contributed by atoms with Gasteiger partial charge in [-0.2, -0.15) is 0 Å².